The van der Waals surface area contributed by atoms with Gasteiger partial charge in [-0.1, -0.05) is 0 Å². The summed E-state index contributed by atoms with van der Waals surface area (Å²) >= 11 is 0. The van der Waals surface area contributed by atoms with E-state index in [1.54, 1.807) is 25.3 Å². The zero-order valence-corrected chi connectivity index (χ0v) is 11.7. The number of primary sulfonamides is 1. The molecule has 106 valence electrons. The molecule has 0 radical (unpaired) electrons. The number of hydrogen-bond donors (Lipinski definition) is 2. The molecular weight excluding hydrogens is 282 g/mol. The third-order valence-electron chi connectivity index (χ3n) is 2.59. The summed E-state index contributed by atoms with van der Waals surface area (Å²) in [6, 6.07) is 3.19. The van der Waals surface area contributed by atoms with Crippen LogP contribution < -0.4 is 10.5 Å². The Kier molecular flexibility index (Phi) is 3.55. The largest absolute Gasteiger partial charge is 0.304 e. The highest BCUT2D eigenvalue weighted by atomic mass is 32.2. The zero-order chi connectivity index (χ0) is 14.9. The van der Waals surface area contributed by atoms with Crippen LogP contribution in [0, 0.1) is 6.92 Å². The molecule has 8 nitrogen and oxygen atoms in total. The van der Waals surface area contributed by atoms with E-state index < -0.39 is 15.9 Å². The van der Waals surface area contributed by atoms with Gasteiger partial charge < -0.3 is 5.32 Å². The van der Waals surface area contributed by atoms with Crippen molar-refractivity contribution >= 4 is 21.7 Å². The zero-order valence-electron chi connectivity index (χ0n) is 10.9. The van der Waals surface area contributed by atoms with E-state index >= 15 is 0 Å². The van der Waals surface area contributed by atoms with Gasteiger partial charge in [0.1, 0.15) is 4.90 Å². The van der Waals surface area contributed by atoms with Gasteiger partial charge in [0.05, 0.1) is 5.56 Å². The number of amides is 1. The molecule has 0 spiro atoms. The summed E-state index contributed by atoms with van der Waals surface area (Å²) in [4.78, 5) is 15.8. The number of carbonyl (C=O) groups excluding carboxylic acids is 1. The summed E-state index contributed by atoms with van der Waals surface area (Å²) in [5.74, 6) is -0.609. The van der Waals surface area contributed by atoms with E-state index in [4.69, 9.17) is 5.14 Å². The first-order chi connectivity index (χ1) is 9.29. The van der Waals surface area contributed by atoms with Crippen molar-refractivity contribution in [1.29, 1.82) is 0 Å². The first-order valence-electron chi connectivity index (χ1n) is 5.58. The number of nitrogens with zero attached hydrogens (tertiary/aromatic N) is 3. The highest BCUT2D eigenvalue weighted by Crippen LogP contribution is 2.18. The average molecular weight is 295 g/mol. The van der Waals surface area contributed by atoms with E-state index in [0.29, 0.717) is 11.3 Å². The summed E-state index contributed by atoms with van der Waals surface area (Å²) in [5.41, 5.74) is 0.858. The molecule has 1 amide bonds. The lowest BCUT2D eigenvalue weighted by Gasteiger charge is -2.05. The predicted molar refractivity (Wildman–Crippen MR) is 71.5 cm³/mol. The van der Waals surface area contributed by atoms with Gasteiger partial charge in [0.2, 0.25) is 10.0 Å². The summed E-state index contributed by atoms with van der Waals surface area (Å²) in [6.45, 7) is 1.67. The van der Waals surface area contributed by atoms with Crippen molar-refractivity contribution in [2.24, 2.45) is 12.2 Å². The fourth-order valence-electron chi connectivity index (χ4n) is 1.66. The van der Waals surface area contributed by atoms with Gasteiger partial charge in [-0.2, -0.15) is 5.10 Å². The van der Waals surface area contributed by atoms with Gasteiger partial charge >= 0.3 is 0 Å². The van der Waals surface area contributed by atoms with Crippen LogP contribution in [-0.2, 0) is 17.1 Å². The monoisotopic (exact) mass is 295 g/mol. The topological polar surface area (TPSA) is 120 Å². The number of rotatable bonds is 3. The molecule has 0 aliphatic rings. The average Bonchev–Trinajstić information content (AvgIpc) is 2.70. The fourth-order valence-corrected chi connectivity index (χ4v) is 2.32. The van der Waals surface area contributed by atoms with Crippen molar-refractivity contribution in [1.82, 2.24) is 14.8 Å². The minimum Gasteiger partial charge on any atom is -0.304 e. The third kappa shape index (κ3) is 2.83. The molecular formula is C11H13N5O3S. The van der Waals surface area contributed by atoms with Gasteiger partial charge in [-0.25, -0.2) is 13.6 Å². The highest BCUT2D eigenvalue weighted by Gasteiger charge is 2.21. The number of hydrogen-bond acceptors (Lipinski definition) is 5. The molecule has 2 rings (SSSR count). The molecule has 0 bridgehead atoms. The molecule has 0 fully saturated rings. The fraction of sp³-hybridized carbons (Fsp3) is 0.182. The molecule has 0 aliphatic heterocycles. The lowest BCUT2D eigenvalue weighted by Crippen LogP contribution is -2.18. The van der Waals surface area contributed by atoms with Crippen LogP contribution in [0.15, 0.2) is 29.4 Å². The molecule has 9 heteroatoms. The Bertz CT molecular complexity index is 766. The second kappa shape index (κ2) is 5.02. The maximum Gasteiger partial charge on any atom is 0.258 e. The van der Waals surface area contributed by atoms with Gasteiger partial charge in [0.15, 0.2) is 5.82 Å². The second-order valence-corrected chi connectivity index (χ2v) is 5.68. The number of aryl methyl sites for hydroxylation is 2. The lowest BCUT2D eigenvalue weighted by atomic mass is 10.2. The van der Waals surface area contributed by atoms with E-state index in [2.05, 4.69) is 15.4 Å². The minimum absolute atomic E-state index is 0.108. The molecule has 20 heavy (non-hydrogen) atoms. The molecule has 2 aromatic rings. The first-order valence-corrected chi connectivity index (χ1v) is 7.13. The number of nitrogens with one attached hydrogen (secondary N) is 1. The van der Waals surface area contributed by atoms with Crippen LogP contribution >= 0.6 is 0 Å². The second-order valence-electron chi connectivity index (χ2n) is 4.15. The van der Waals surface area contributed by atoms with Crippen molar-refractivity contribution < 1.29 is 13.2 Å². The molecule has 0 atom stereocenters. The Hall–Kier alpha value is -2.26. The van der Waals surface area contributed by atoms with Gasteiger partial charge in [-0.05, 0) is 19.1 Å². The van der Waals surface area contributed by atoms with Crippen LogP contribution in [0.1, 0.15) is 16.1 Å². The summed E-state index contributed by atoms with van der Waals surface area (Å²) in [6.07, 6.45) is 2.78. The predicted octanol–water partition coefficient (Wildman–Crippen LogP) is 0.0232. The van der Waals surface area contributed by atoms with E-state index in [1.165, 1.54) is 17.9 Å². The normalized spacial score (nSPS) is 11.3. The Labute approximate surface area is 115 Å². The summed E-state index contributed by atoms with van der Waals surface area (Å²) in [5, 5.41) is 11.4. The SMILES string of the molecule is Cc1ncccc1C(=O)Nc1nn(C)cc1S(N)(=O)=O. The number of carbonyl (C=O) groups is 1. The minimum atomic E-state index is -3.96. The van der Waals surface area contributed by atoms with Crippen molar-refractivity contribution in [3.8, 4) is 0 Å². The van der Waals surface area contributed by atoms with Crippen LogP contribution in [0.2, 0.25) is 0 Å². The molecule has 0 saturated carbocycles. The maximum absolute atomic E-state index is 12.1. The highest BCUT2D eigenvalue weighted by molar-refractivity contribution is 7.89. The standard InChI is InChI=1S/C11H13N5O3S/c1-7-8(4-3-5-13-7)11(17)14-10-9(20(12,18)19)6-16(2)15-10/h3-6H,1-2H3,(H2,12,18,19)(H,14,15,17). The number of nitrogens with two attached hydrogens (primary N) is 1. The van der Waals surface area contributed by atoms with Gasteiger partial charge in [0.25, 0.3) is 5.91 Å². The number of sulfonamides is 1. The van der Waals surface area contributed by atoms with Crippen molar-refractivity contribution in [3.05, 3.63) is 35.8 Å². The van der Waals surface area contributed by atoms with Crippen LogP contribution in [0.3, 0.4) is 0 Å². The number of anilines is 1. The Balaban J connectivity index is 2.37. The van der Waals surface area contributed by atoms with Crippen LogP contribution in [0.4, 0.5) is 5.82 Å². The summed E-state index contributed by atoms with van der Waals surface area (Å²) in [7, 11) is -2.44. The maximum atomic E-state index is 12.1. The Morgan fingerprint density at radius 2 is 2.15 bits per heavy atom. The molecule has 2 aromatic heterocycles. The third-order valence-corrected chi connectivity index (χ3v) is 3.50. The van der Waals surface area contributed by atoms with E-state index in [-0.39, 0.29) is 10.7 Å². The van der Waals surface area contributed by atoms with E-state index in [9.17, 15) is 13.2 Å². The summed E-state index contributed by atoms with van der Waals surface area (Å²) < 4.78 is 24.1. The van der Waals surface area contributed by atoms with Gasteiger partial charge in [0, 0.05) is 25.1 Å². The van der Waals surface area contributed by atoms with Gasteiger partial charge in [-0.15, -0.1) is 0 Å². The molecule has 3 N–H and O–H groups in total. The Morgan fingerprint density at radius 1 is 1.45 bits per heavy atom. The Morgan fingerprint density at radius 3 is 2.75 bits per heavy atom. The molecule has 2 heterocycles. The first kappa shape index (κ1) is 14.2. The van der Waals surface area contributed by atoms with Crippen LogP contribution in [0.5, 0.6) is 0 Å². The number of pyridine rings is 1. The van der Waals surface area contributed by atoms with Crippen molar-refractivity contribution in [3.63, 3.8) is 0 Å². The smallest absolute Gasteiger partial charge is 0.258 e. The van der Waals surface area contributed by atoms with E-state index in [1.807, 2.05) is 0 Å². The van der Waals surface area contributed by atoms with E-state index in [0.717, 1.165) is 0 Å². The molecule has 0 unspecified atom stereocenters. The molecule has 0 aliphatic carbocycles. The quantitative estimate of drug-likeness (QED) is 0.827. The molecule has 0 aromatic carbocycles. The van der Waals surface area contributed by atoms with Crippen molar-refractivity contribution in [2.45, 2.75) is 11.8 Å². The molecule has 0 saturated heterocycles. The van der Waals surface area contributed by atoms with Crippen LogP contribution in [-0.4, -0.2) is 29.1 Å². The number of aromatic nitrogens is 3. The van der Waals surface area contributed by atoms with Crippen molar-refractivity contribution in [2.75, 3.05) is 5.32 Å². The van der Waals surface area contributed by atoms with Crippen LogP contribution in [0.25, 0.3) is 0 Å². The lowest BCUT2D eigenvalue weighted by molar-refractivity contribution is 0.102. The van der Waals surface area contributed by atoms with Gasteiger partial charge in [-0.3, -0.25) is 14.5 Å².